The van der Waals surface area contributed by atoms with Crippen LogP contribution in [0.5, 0.6) is 0 Å². The summed E-state index contributed by atoms with van der Waals surface area (Å²) < 4.78 is 1.94. The molecule has 5 heteroatoms. The Balaban J connectivity index is 0.00000147. The van der Waals surface area contributed by atoms with E-state index in [9.17, 15) is 4.79 Å². The minimum Gasteiger partial charge on any atom is -1.00 e. The van der Waals surface area contributed by atoms with Gasteiger partial charge in [0.1, 0.15) is 12.4 Å². The van der Waals surface area contributed by atoms with Crippen molar-refractivity contribution in [3.8, 4) is 11.3 Å². The number of aryl methyl sites for hydroxylation is 1. The Morgan fingerprint density at radius 1 is 1.15 bits per heavy atom. The highest BCUT2D eigenvalue weighted by molar-refractivity contribution is 5.79. The van der Waals surface area contributed by atoms with Crippen LogP contribution in [0, 0.1) is 0 Å². The first-order valence-corrected chi connectivity index (χ1v) is 6.03. The number of nitrogen functional groups attached to an aromatic ring is 1. The number of anilines is 1. The average molecular weight is 379 g/mol. The maximum absolute atomic E-state index is 12.1. The van der Waals surface area contributed by atoms with E-state index in [1.165, 1.54) is 0 Å². The molecule has 3 N–H and O–H groups in total. The molecule has 0 aliphatic heterocycles. The minimum absolute atomic E-state index is 0. The predicted octanol–water partition coefficient (Wildman–Crippen LogP) is -1.39. The molecule has 0 aliphatic rings. The van der Waals surface area contributed by atoms with Gasteiger partial charge in [0.25, 0.3) is 5.56 Å². The van der Waals surface area contributed by atoms with Crippen LogP contribution in [0.3, 0.4) is 0 Å². The number of nitrogens with zero attached hydrogens (tertiary/aromatic N) is 1. The van der Waals surface area contributed by atoms with Gasteiger partial charge in [0.15, 0.2) is 6.20 Å². The number of pyridine rings is 2. The first kappa shape index (κ1) is 14.5. The van der Waals surface area contributed by atoms with Gasteiger partial charge in [-0.1, -0.05) is 12.1 Å². The Morgan fingerprint density at radius 3 is 2.55 bits per heavy atom. The second-order valence-electron chi connectivity index (χ2n) is 4.55. The van der Waals surface area contributed by atoms with Crippen LogP contribution in [-0.2, 0) is 7.05 Å². The molecule has 0 saturated heterocycles. The largest absolute Gasteiger partial charge is 1.00 e. The molecule has 0 saturated carbocycles. The van der Waals surface area contributed by atoms with E-state index in [2.05, 4.69) is 4.98 Å². The zero-order valence-corrected chi connectivity index (χ0v) is 13.1. The molecule has 0 aliphatic carbocycles. The molecular weight excluding hydrogens is 365 g/mol. The lowest BCUT2D eigenvalue weighted by Gasteiger charge is -2.03. The molecule has 0 spiro atoms. The number of aromatic amines is 1. The van der Waals surface area contributed by atoms with E-state index >= 15 is 0 Å². The summed E-state index contributed by atoms with van der Waals surface area (Å²) in [5.74, 6) is 0. The van der Waals surface area contributed by atoms with Crippen molar-refractivity contribution in [1.29, 1.82) is 0 Å². The lowest BCUT2D eigenvalue weighted by molar-refractivity contribution is -0.644. The maximum Gasteiger partial charge on any atom is 0.262 e. The van der Waals surface area contributed by atoms with Gasteiger partial charge in [0, 0.05) is 17.8 Å². The lowest BCUT2D eigenvalue weighted by Crippen LogP contribution is -3.00. The summed E-state index contributed by atoms with van der Waals surface area (Å²) in [6.07, 6.45) is 1.93. The van der Waals surface area contributed by atoms with Gasteiger partial charge in [-0.05, 0) is 23.8 Å². The van der Waals surface area contributed by atoms with Crippen LogP contribution in [0.25, 0.3) is 22.2 Å². The third kappa shape index (κ3) is 2.53. The fraction of sp³-hybridized carbons (Fsp3) is 0.0667. The molecule has 3 rings (SSSR count). The van der Waals surface area contributed by atoms with Crippen molar-refractivity contribution in [3.63, 3.8) is 0 Å². The Labute approximate surface area is 133 Å². The molecule has 0 bridgehead atoms. The van der Waals surface area contributed by atoms with Crippen molar-refractivity contribution in [2.75, 3.05) is 5.73 Å². The highest BCUT2D eigenvalue weighted by Crippen LogP contribution is 2.19. The van der Waals surface area contributed by atoms with E-state index < -0.39 is 0 Å². The minimum atomic E-state index is -0.0828. The van der Waals surface area contributed by atoms with Gasteiger partial charge < -0.3 is 34.7 Å². The van der Waals surface area contributed by atoms with Crippen molar-refractivity contribution >= 4 is 16.6 Å². The van der Waals surface area contributed by atoms with E-state index in [1.54, 1.807) is 0 Å². The molecule has 2 heterocycles. The van der Waals surface area contributed by atoms with Gasteiger partial charge >= 0.3 is 0 Å². The quantitative estimate of drug-likeness (QED) is 0.311. The van der Waals surface area contributed by atoms with Crippen molar-refractivity contribution in [2.24, 2.45) is 7.05 Å². The van der Waals surface area contributed by atoms with E-state index in [4.69, 9.17) is 5.73 Å². The van der Waals surface area contributed by atoms with Crippen molar-refractivity contribution in [1.82, 2.24) is 4.98 Å². The van der Waals surface area contributed by atoms with Gasteiger partial charge in [0.05, 0.1) is 5.69 Å². The number of aromatic nitrogens is 2. The normalized spacial score (nSPS) is 10.2. The standard InChI is InChI=1S/C15H13N3O.HI/c1-18-8-2-3-12-14(18)9-13(17-15(12)19)10-4-6-11(16)7-5-10;/h2-9H,1H3,(H2,16,17,19);1H. The molecule has 0 unspecified atom stereocenters. The van der Waals surface area contributed by atoms with Crippen molar-refractivity contribution < 1.29 is 28.5 Å². The topological polar surface area (TPSA) is 62.8 Å². The van der Waals surface area contributed by atoms with Crippen molar-refractivity contribution in [3.05, 3.63) is 59.0 Å². The predicted molar refractivity (Wildman–Crippen MR) is 75.6 cm³/mol. The van der Waals surface area contributed by atoms with E-state index in [0.29, 0.717) is 11.1 Å². The number of nitrogens with one attached hydrogen (secondary N) is 1. The highest BCUT2D eigenvalue weighted by Gasteiger charge is 2.10. The average Bonchev–Trinajstić information content (AvgIpc) is 2.41. The first-order chi connectivity index (χ1) is 9.15. The number of hydrogen-bond acceptors (Lipinski definition) is 2. The second-order valence-corrected chi connectivity index (χ2v) is 4.55. The zero-order chi connectivity index (χ0) is 13.4. The number of rotatable bonds is 1. The summed E-state index contributed by atoms with van der Waals surface area (Å²) in [4.78, 5) is 15.0. The van der Waals surface area contributed by atoms with Crippen LogP contribution in [0.1, 0.15) is 0 Å². The summed E-state index contributed by atoms with van der Waals surface area (Å²) in [5.41, 5.74) is 8.93. The van der Waals surface area contributed by atoms with Crippen LogP contribution < -0.4 is 39.8 Å². The van der Waals surface area contributed by atoms with Crippen molar-refractivity contribution in [2.45, 2.75) is 0 Å². The Bertz CT molecular complexity index is 809. The highest BCUT2D eigenvalue weighted by atomic mass is 127. The third-order valence-corrected chi connectivity index (χ3v) is 3.22. The molecular formula is C15H14IN3O. The summed E-state index contributed by atoms with van der Waals surface area (Å²) in [7, 11) is 1.93. The first-order valence-electron chi connectivity index (χ1n) is 6.03. The summed E-state index contributed by atoms with van der Waals surface area (Å²) in [5, 5.41) is 0.684. The summed E-state index contributed by atoms with van der Waals surface area (Å²) in [6.45, 7) is 0. The monoisotopic (exact) mass is 379 g/mol. The van der Waals surface area contributed by atoms with Gasteiger partial charge in [-0.15, -0.1) is 0 Å². The molecule has 0 atom stereocenters. The summed E-state index contributed by atoms with van der Waals surface area (Å²) >= 11 is 0. The molecule has 3 aromatic rings. The van der Waals surface area contributed by atoms with Crippen LogP contribution in [0.4, 0.5) is 5.69 Å². The fourth-order valence-electron chi connectivity index (χ4n) is 2.18. The number of H-pyrrole nitrogens is 1. The number of nitrogens with two attached hydrogens (primary N) is 1. The molecule has 1 aromatic carbocycles. The van der Waals surface area contributed by atoms with E-state index in [1.807, 2.05) is 60.3 Å². The number of fused-ring (bicyclic) bond motifs is 1. The van der Waals surface area contributed by atoms with Gasteiger partial charge in [-0.2, -0.15) is 0 Å². The number of hydrogen-bond donors (Lipinski definition) is 2. The number of halogens is 1. The Morgan fingerprint density at radius 2 is 1.85 bits per heavy atom. The molecule has 2 aromatic heterocycles. The van der Waals surface area contributed by atoms with Gasteiger partial charge in [-0.25, -0.2) is 4.57 Å². The van der Waals surface area contributed by atoms with Crippen LogP contribution in [0.2, 0.25) is 0 Å². The smallest absolute Gasteiger partial charge is 0.262 e. The molecule has 0 amide bonds. The second kappa shape index (κ2) is 5.62. The molecule has 20 heavy (non-hydrogen) atoms. The Hall–Kier alpha value is -1.89. The SMILES string of the molecule is C[n+]1cccc2c(=O)[nH]c(-c3ccc(N)cc3)cc21.[I-]. The zero-order valence-electron chi connectivity index (χ0n) is 10.9. The lowest BCUT2D eigenvalue weighted by atomic mass is 10.1. The van der Waals surface area contributed by atoms with Gasteiger partial charge in [-0.3, -0.25) is 4.79 Å². The van der Waals surface area contributed by atoms with Crippen LogP contribution in [0.15, 0.2) is 53.5 Å². The van der Waals surface area contributed by atoms with E-state index in [0.717, 1.165) is 16.8 Å². The number of benzene rings is 1. The van der Waals surface area contributed by atoms with Gasteiger partial charge in [0.2, 0.25) is 5.52 Å². The fourth-order valence-corrected chi connectivity index (χ4v) is 2.18. The Kier molecular flexibility index (Phi) is 4.08. The molecule has 0 radical (unpaired) electrons. The van der Waals surface area contributed by atoms with Crippen LogP contribution >= 0.6 is 0 Å². The molecule has 102 valence electrons. The molecule has 4 nitrogen and oxygen atoms in total. The molecule has 0 fully saturated rings. The maximum atomic E-state index is 12.1. The van der Waals surface area contributed by atoms with Crippen LogP contribution in [-0.4, -0.2) is 4.98 Å². The van der Waals surface area contributed by atoms with E-state index in [-0.39, 0.29) is 29.5 Å². The summed E-state index contributed by atoms with van der Waals surface area (Å²) in [6, 6.07) is 13.1. The third-order valence-electron chi connectivity index (χ3n) is 3.22.